The molecule has 3 heteroatoms. The van der Waals surface area contributed by atoms with Crippen LogP contribution in [0.5, 0.6) is 0 Å². The van der Waals surface area contributed by atoms with E-state index in [-0.39, 0.29) is 5.97 Å². The topological polar surface area (TPSA) is 29.5 Å². The van der Waals surface area contributed by atoms with Crippen molar-refractivity contribution < 1.29 is 9.53 Å². The molecule has 1 aliphatic heterocycles. The molecule has 0 N–H and O–H groups in total. The van der Waals surface area contributed by atoms with Gasteiger partial charge >= 0.3 is 5.97 Å². The number of hydrogen-bond acceptors (Lipinski definition) is 3. The van der Waals surface area contributed by atoms with E-state index in [1.165, 1.54) is 42.3 Å². The lowest BCUT2D eigenvalue weighted by Crippen LogP contribution is -2.17. The van der Waals surface area contributed by atoms with Crippen molar-refractivity contribution >= 4 is 23.3 Å². The second-order valence-electron chi connectivity index (χ2n) is 6.66. The molecule has 0 atom stereocenters. The summed E-state index contributed by atoms with van der Waals surface area (Å²) in [4.78, 5) is 13.9. The summed E-state index contributed by atoms with van der Waals surface area (Å²) in [5, 5.41) is 0. The third-order valence-corrected chi connectivity index (χ3v) is 4.85. The highest BCUT2D eigenvalue weighted by Crippen LogP contribution is 2.29. The van der Waals surface area contributed by atoms with E-state index in [9.17, 15) is 4.79 Å². The average molecular weight is 335 g/mol. The number of fused-ring (bicyclic) bond motifs is 1. The van der Waals surface area contributed by atoms with Crippen LogP contribution in [0.4, 0.5) is 5.69 Å². The minimum absolute atomic E-state index is 0.304. The summed E-state index contributed by atoms with van der Waals surface area (Å²) in [6.45, 7) is 3.27. The zero-order valence-corrected chi connectivity index (χ0v) is 15.2. The van der Waals surface area contributed by atoms with E-state index in [1.807, 2.05) is 12.1 Å². The molecule has 0 bridgehead atoms. The van der Waals surface area contributed by atoms with E-state index in [0.717, 1.165) is 18.5 Å². The molecule has 0 saturated carbocycles. The number of methoxy groups -OCH3 is 1. The van der Waals surface area contributed by atoms with Gasteiger partial charge in [0.2, 0.25) is 0 Å². The number of anilines is 1. The van der Waals surface area contributed by atoms with Gasteiger partial charge < -0.3 is 9.64 Å². The van der Waals surface area contributed by atoms with Gasteiger partial charge in [-0.1, -0.05) is 24.3 Å². The van der Waals surface area contributed by atoms with Crippen LogP contribution in [0.15, 0.2) is 42.5 Å². The lowest BCUT2D eigenvalue weighted by Gasteiger charge is -2.20. The molecule has 0 spiro atoms. The number of allylic oxidation sites excluding steroid dienone is 1. The first-order valence-electron chi connectivity index (χ1n) is 8.79. The van der Waals surface area contributed by atoms with Crippen molar-refractivity contribution in [2.24, 2.45) is 0 Å². The molecule has 3 rings (SSSR count). The molecule has 0 aliphatic carbocycles. The van der Waals surface area contributed by atoms with Crippen molar-refractivity contribution in [2.75, 3.05) is 25.6 Å². The van der Waals surface area contributed by atoms with Crippen LogP contribution >= 0.6 is 0 Å². The fraction of sp³-hybridized carbons (Fsp3) is 0.318. The third kappa shape index (κ3) is 3.93. The fourth-order valence-electron chi connectivity index (χ4n) is 3.35. The van der Waals surface area contributed by atoms with Crippen molar-refractivity contribution in [3.8, 4) is 0 Å². The summed E-state index contributed by atoms with van der Waals surface area (Å²) in [5.74, 6) is -0.304. The summed E-state index contributed by atoms with van der Waals surface area (Å²) in [6, 6.07) is 14.3. The number of carbonyl (C=O) groups is 1. The quantitative estimate of drug-likeness (QED) is 0.596. The molecule has 0 aromatic heterocycles. The second kappa shape index (κ2) is 7.56. The Kier molecular flexibility index (Phi) is 5.22. The van der Waals surface area contributed by atoms with Gasteiger partial charge in [0, 0.05) is 19.3 Å². The van der Waals surface area contributed by atoms with Gasteiger partial charge in [0.15, 0.2) is 0 Å². The first-order valence-corrected chi connectivity index (χ1v) is 8.79. The van der Waals surface area contributed by atoms with Gasteiger partial charge in [-0.2, -0.15) is 0 Å². The van der Waals surface area contributed by atoms with Crippen molar-refractivity contribution in [1.82, 2.24) is 0 Å². The van der Waals surface area contributed by atoms with Crippen molar-refractivity contribution in [3.05, 3.63) is 64.7 Å². The van der Waals surface area contributed by atoms with E-state index >= 15 is 0 Å². The number of ether oxygens (including phenoxy) is 1. The zero-order chi connectivity index (χ0) is 17.8. The summed E-state index contributed by atoms with van der Waals surface area (Å²) >= 11 is 0. The average Bonchev–Trinajstić information content (AvgIpc) is 2.82. The van der Waals surface area contributed by atoms with Crippen LogP contribution in [-0.4, -0.2) is 26.7 Å². The summed E-state index contributed by atoms with van der Waals surface area (Å²) in [5.41, 5.74) is 6.93. The molecule has 0 amide bonds. The number of carbonyl (C=O) groups excluding carboxylic acids is 1. The van der Waals surface area contributed by atoms with Crippen molar-refractivity contribution in [1.29, 1.82) is 0 Å². The first-order chi connectivity index (χ1) is 12.1. The second-order valence-corrected chi connectivity index (χ2v) is 6.66. The number of aryl methyl sites for hydroxylation is 1. The van der Waals surface area contributed by atoms with Crippen LogP contribution in [-0.2, 0) is 11.2 Å². The normalized spacial score (nSPS) is 14.7. The number of nitrogens with zero attached hydrogens (tertiary/aromatic N) is 1. The van der Waals surface area contributed by atoms with Gasteiger partial charge in [-0.25, -0.2) is 4.79 Å². The molecule has 0 radical (unpaired) electrons. The highest BCUT2D eigenvalue weighted by molar-refractivity contribution is 5.90. The summed E-state index contributed by atoms with van der Waals surface area (Å²) < 4.78 is 4.74. The molecule has 1 aliphatic rings. The van der Waals surface area contributed by atoms with Crippen molar-refractivity contribution in [3.63, 3.8) is 0 Å². The molecule has 2 aromatic rings. The Morgan fingerprint density at radius 1 is 1.08 bits per heavy atom. The predicted octanol–water partition coefficient (Wildman–Crippen LogP) is 4.81. The molecule has 2 aromatic carbocycles. The van der Waals surface area contributed by atoms with E-state index in [4.69, 9.17) is 4.74 Å². The van der Waals surface area contributed by atoms with Gasteiger partial charge in [0.1, 0.15) is 0 Å². The van der Waals surface area contributed by atoms with Gasteiger partial charge in [-0.3, -0.25) is 0 Å². The lowest BCUT2D eigenvalue weighted by atomic mass is 9.98. The predicted molar refractivity (Wildman–Crippen MR) is 104 cm³/mol. The van der Waals surface area contributed by atoms with E-state index in [1.54, 1.807) is 12.1 Å². The van der Waals surface area contributed by atoms with Crippen LogP contribution in [0.2, 0.25) is 0 Å². The van der Waals surface area contributed by atoms with Crippen LogP contribution < -0.4 is 4.90 Å². The molecule has 1 heterocycles. The Morgan fingerprint density at radius 2 is 1.80 bits per heavy atom. The smallest absolute Gasteiger partial charge is 0.337 e. The zero-order valence-electron chi connectivity index (χ0n) is 15.2. The lowest BCUT2D eigenvalue weighted by molar-refractivity contribution is 0.0600. The van der Waals surface area contributed by atoms with Crippen molar-refractivity contribution in [2.45, 2.75) is 26.2 Å². The van der Waals surface area contributed by atoms with E-state index in [2.05, 4.69) is 43.1 Å². The van der Waals surface area contributed by atoms with Gasteiger partial charge in [0.25, 0.3) is 0 Å². The Bertz CT molecular complexity index is 790. The minimum Gasteiger partial charge on any atom is -0.465 e. The first kappa shape index (κ1) is 17.3. The Morgan fingerprint density at radius 3 is 2.52 bits per heavy atom. The monoisotopic (exact) mass is 335 g/mol. The van der Waals surface area contributed by atoms with Crippen LogP contribution in [0, 0.1) is 0 Å². The number of rotatable bonds is 3. The highest BCUT2D eigenvalue weighted by atomic mass is 16.5. The Hall–Kier alpha value is -2.55. The molecule has 25 heavy (non-hydrogen) atoms. The van der Waals surface area contributed by atoms with Crippen LogP contribution in [0.25, 0.3) is 11.6 Å². The number of benzene rings is 2. The standard InChI is InChI=1S/C22H25NO2/c1-16(14-17-7-9-18(10-8-17)22(24)25-3)19-11-12-21-20(15-19)6-4-5-13-23(21)2/h7-12,14-15H,4-6,13H2,1-3H3. The molecular formula is C22H25NO2. The molecular weight excluding hydrogens is 310 g/mol. The summed E-state index contributed by atoms with van der Waals surface area (Å²) in [6.07, 6.45) is 5.80. The SMILES string of the molecule is COC(=O)c1ccc(C=C(C)c2ccc3c(c2)CCCCN3C)cc1. The minimum atomic E-state index is -0.304. The maximum absolute atomic E-state index is 11.5. The van der Waals surface area contributed by atoms with Gasteiger partial charge in [0.05, 0.1) is 12.7 Å². The Balaban J connectivity index is 1.85. The molecule has 0 fully saturated rings. The maximum atomic E-state index is 11.5. The summed E-state index contributed by atoms with van der Waals surface area (Å²) in [7, 11) is 3.57. The number of hydrogen-bond donors (Lipinski definition) is 0. The Labute approximate surface area is 149 Å². The van der Waals surface area contributed by atoms with Gasteiger partial charge in [-0.15, -0.1) is 0 Å². The molecule has 3 nitrogen and oxygen atoms in total. The van der Waals surface area contributed by atoms with E-state index in [0.29, 0.717) is 5.56 Å². The number of esters is 1. The molecule has 130 valence electrons. The largest absolute Gasteiger partial charge is 0.465 e. The highest BCUT2D eigenvalue weighted by Gasteiger charge is 2.12. The van der Waals surface area contributed by atoms with Crippen LogP contribution in [0.1, 0.15) is 46.8 Å². The maximum Gasteiger partial charge on any atom is 0.337 e. The molecule has 0 unspecified atom stereocenters. The van der Waals surface area contributed by atoms with E-state index < -0.39 is 0 Å². The third-order valence-electron chi connectivity index (χ3n) is 4.85. The van der Waals surface area contributed by atoms with Gasteiger partial charge in [-0.05, 0) is 72.7 Å². The fourth-order valence-corrected chi connectivity index (χ4v) is 3.35. The van der Waals surface area contributed by atoms with Crippen LogP contribution in [0.3, 0.4) is 0 Å². The molecule has 0 saturated heterocycles.